The van der Waals surface area contributed by atoms with Gasteiger partial charge in [-0.3, -0.25) is 9.69 Å². The van der Waals surface area contributed by atoms with Crippen molar-refractivity contribution in [2.45, 2.75) is 37.8 Å². The van der Waals surface area contributed by atoms with Gasteiger partial charge >= 0.3 is 0 Å². The van der Waals surface area contributed by atoms with Crippen molar-refractivity contribution < 1.29 is 9.53 Å². The van der Waals surface area contributed by atoms with Crippen LogP contribution in [0.25, 0.3) is 0 Å². The van der Waals surface area contributed by atoms with Crippen molar-refractivity contribution in [3.8, 4) is 0 Å². The molecule has 2 saturated heterocycles. The number of hydrogen-bond acceptors (Lipinski definition) is 4. The van der Waals surface area contributed by atoms with E-state index in [1.807, 2.05) is 0 Å². The average molecular weight is 331 g/mol. The van der Waals surface area contributed by atoms with Crippen LogP contribution in [0.3, 0.4) is 0 Å². The lowest BCUT2D eigenvalue weighted by Crippen LogP contribution is -2.40. The van der Waals surface area contributed by atoms with Gasteiger partial charge in [-0.1, -0.05) is 12.1 Å². The van der Waals surface area contributed by atoms with Gasteiger partial charge in [-0.05, 0) is 49.9 Å². The smallest absolute Gasteiger partial charge is 0.234 e. The molecular weight excluding hydrogens is 302 g/mol. The highest BCUT2D eigenvalue weighted by Crippen LogP contribution is 2.33. The summed E-state index contributed by atoms with van der Waals surface area (Å²) in [5, 5.41) is 3.04. The van der Waals surface area contributed by atoms with E-state index in [0.717, 1.165) is 38.8 Å². The first-order valence-electron chi connectivity index (χ1n) is 9.03. The molecule has 0 unspecified atom stereocenters. The average Bonchev–Trinajstić information content (AvgIpc) is 3.24. The van der Waals surface area contributed by atoms with E-state index >= 15 is 0 Å². The normalized spacial score (nSPS) is 24.2. The summed E-state index contributed by atoms with van der Waals surface area (Å²) >= 11 is 0. The molecule has 2 atom stereocenters. The van der Waals surface area contributed by atoms with Gasteiger partial charge in [0, 0.05) is 39.0 Å². The highest BCUT2D eigenvalue weighted by atomic mass is 16.5. The van der Waals surface area contributed by atoms with E-state index in [4.69, 9.17) is 4.74 Å². The number of hydrogen-bond donors (Lipinski definition) is 1. The summed E-state index contributed by atoms with van der Waals surface area (Å²) in [5.74, 6) is 0.112. The summed E-state index contributed by atoms with van der Waals surface area (Å²) in [4.78, 5) is 16.7. The molecule has 24 heavy (non-hydrogen) atoms. The largest absolute Gasteiger partial charge is 0.378 e. The number of carbonyl (C=O) groups is 1. The minimum atomic E-state index is 0.112. The number of carbonyl (C=O) groups excluding carboxylic acids is 1. The highest BCUT2D eigenvalue weighted by Gasteiger charge is 2.28. The number of ether oxygens (including phenoxy) is 1. The van der Waals surface area contributed by atoms with Crippen molar-refractivity contribution in [2.75, 3.05) is 45.2 Å². The number of nitrogens with one attached hydrogen (secondary N) is 1. The van der Waals surface area contributed by atoms with E-state index in [-0.39, 0.29) is 12.0 Å². The van der Waals surface area contributed by atoms with E-state index in [9.17, 15) is 4.79 Å². The van der Waals surface area contributed by atoms with Crippen molar-refractivity contribution in [2.24, 2.45) is 0 Å². The van der Waals surface area contributed by atoms with Crippen LogP contribution in [-0.4, -0.2) is 57.2 Å². The Labute approximate surface area is 145 Å². The molecule has 132 valence electrons. The number of anilines is 1. The van der Waals surface area contributed by atoms with Crippen molar-refractivity contribution in [1.29, 1.82) is 0 Å². The third-order valence-electron chi connectivity index (χ3n) is 5.03. The summed E-state index contributed by atoms with van der Waals surface area (Å²) in [6, 6.07) is 9.00. The fourth-order valence-corrected chi connectivity index (χ4v) is 3.68. The van der Waals surface area contributed by atoms with E-state index in [1.54, 1.807) is 0 Å². The Bertz CT molecular complexity index is 555. The van der Waals surface area contributed by atoms with Crippen LogP contribution in [0, 0.1) is 0 Å². The quantitative estimate of drug-likeness (QED) is 0.868. The number of rotatable bonds is 6. The molecular formula is C19H29N3O2. The first-order valence-corrected chi connectivity index (χ1v) is 9.03. The van der Waals surface area contributed by atoms with Crippen LogP contribution >= 0.6 is 0 Å². The van der Waals surface area contributed by atoms with Gasteiger partial charge in [-0.2, -0.15) is 0 Å². The molecule has 5 heteroatoms. The van der Waals surface area contributed by atoms with Crippen LogP contribution in [0.4, 0.5) is 5.69 Å². The van der Waals surface area contributed by atoms with Crippen molar-refractivity contribution in [3.05, 3.63) is 29.8 Å². The van der Waals surface area contributed by atoms with E-state index < -0.39 is 0 Å². The Morgan fingerprint density at radius 3 is 2.96 bits per heavy atom. The molecule has 0 aliphatic carbocycles. The Kier molecular flexibility index (Phi) is 5.74. The van der Waals surface area contributed by atoms with Crippen molar-refractivity contribution >= 4 is 11.6 Å². The van der Waals surface area contributed by atoms with Gasteiger partial charge in [0.1, 0.15) is 0 Å². The van der Waals surface area contributed by atoms with Gasteiger partial charge in [0.2, 0.25) is 5.91 Å². The fourth-order valence-electron chi connectivity index (χ4n) is 3.68. The van der Waals surface area contributed by atoms with Gasteiger partial charge < -0.3 is 15.0 Å². The third kappa shape index (κ3) is 4.28. The summed E-state index contributed by atoms with van der Waals surface area (Å²) in [6.07, 6.45) is 4.65. The molecule has 0 saturated carbocycles. The maximum atomic E-state index is 12.3. The number of likely N-dealkylation sites (tertiary alicyclic amines) is 1. The molecule has 1 aromatic rings. The van der Waals surface area contributed by atoms with Crippen LogP contribution in [0.1, 0.15) is 37.3 Å². The SMILES string of the molecule is CN(C)c1cccc([C@@H]2CCCN2CC(=O)NC[C@@H]2CCCO2)c1. The molecule has 1 N–H and O–H groups in total. The number of amides is 1. The minimum absolute atomic E-state index is 0.112. The highest BCUT2D eigenvalue weighted by molar-refractivity contribution is 5.78. The Hall–Kier alpha value is -1.59. The van der Waals surface area contributed by atoms with Crippen LogP contribution < -0.4 is 10.2 Å². The molecule has 5 nitrogen and oxygen atoms in total. The molecule has 2 aliphatic heterocycles. The van der Waals surface area contributed by atoms with Crippen molar-refractivity contribution in [3.63, 3.8) is 0 Å². The molecule has 2 heterocycles. The lowest BCUT2D eigenvalue weighted by molar-refractivity contribution is -0.123. The van der Waals surface area contributed by atoms with E-state index in [2.05, 4.69) is 53.5 Å². The van der Waals surface area contributed by atoms with Gasteiger partial charge in [0.15, 0.2) is 0 Å². The molecule has 0 radical (unpaired) electrons. The van der Waals surface area contributed by atoms with Gasteiger partial charge in [0.05, 0.1) is 12.6 Å². The number of benzene rings is 1. The second-order valence-electron chi connectivity index (χ2n) is 7.06. The molecule has 0 aromatic heterocycles. The monoisotopic (exact) mass is 331 g/mol. The van der Waals surface area contributed by atoms with Gasteiger partial charge in [0.25, 0.3) is 0 Å². The second-order valence-corrected chi connectivity index (χ2v) is 7.06. The van der Waals surface area contributed by atoms with E-state index in [1.165, 1.54) is 11.3 Å². The summed E-state index contributed by atoms with van der Waals surface area (Å²) < 4.78 is 5.57. The zero-order valence-corrected chi connectivity index (χ0v) is 14.8. The van der Waals surface area contributed by atoms with Crippen molar-refractivity contribution in [1.82, 2.24) is 10.2 Å². The molecule has 3 rings (SSSR count). The first-order chi connectivity index (χ1) is 11.6. The molecule has 2 aliphatic rings. The molecule has 1 aromatic carbocycles. The third-order valence-corrected chi connectivity index (χ3v) is 5.03. The minimum Gasteiger partial charge on any atom is -0.378 e. The van der Waals surface area contributed by atoms with Crippen LogP contribution in [0.15, 0.2) is 24.3 Å². The molecule has 0 bridgehead atoms. The van der Waals surface area contributed by atoms with Crippen LogP contribution in [0.5, 0.6) is 0 Å². The van der Waals surface area contributed by atoms with Gasteiger partial charge in [-0.25, -0.2) is 0 Å². The van der Waals surface area contributed by atoms with Gasteiger partial charge in [-0.15, -0.1) is 0 Å². The zero-order valence-electron chi connectivity index (χ0n) is 14.8. The topological polar surface area (TPSA) is 44.8 Å². The second kappa shape index (κ2) is 7.99. The predicted octanol–water partition coefficient (Wildman–Crippen LogP) is 2.18. The Morgan fingerprint density at radius 1 is 1.33 bits per heavy atom. The Morgan fingerprint density at radius 2 is 2.21 bits per heavy atom. The zero-order chi connectivity index (χ0) is 16.9. The maximum absolute atomic E-state index is 12.3. The maximum Gasteiger partial charge on any atom is 0.234 e. The molecule has 1 amide bonds. The van der Waals surface area contributed by atoms with E-state index in [0.29, 0.717) is 19.1 Å². The number of nitrogens with zero attached hydrogens (tertiary/aromatic N) is 2. The standard InChI is InChI=1S/C19H29N3O2/c1-21(2)16-7-3-6-15(12-16)18-9-4-10-22(18)14-19(23)20-13-17-8-5-11-24-17/h3,6-7,12,17-18H,4-5,8-11,13-14H2,1-2H3,(H,20,23)/t17-,18-/m0/s1. The fraction of sp³-hybridized carbons (Fsp3) is 0.632. The summed E-state index contributed by atoms with van der Waals surface area (Å²) in [7, 11) is 4.12. The molecule has 0 spiro atoms. The lowest BCUT2D eigenvalue weighted by Gasteiger charge is -2.25. The lowest BCUT2D eigenvalue weighted by atomic mass is 10.0. The Balaban J connectivity index is 1.56. The van der Waals surface area contributed by atoms with Crippen LogP contribution in [0.2, 0.25) is 0 Å². The molecule has 2 fully saturated rings. The summed E-state index contributed by atoms with van der Waals surface area (Å²) in [6.45, 7) is 2.94. The first kappa shape index (κ1) is 17.2. The van der Waals surface area contributed by atoms with Crippen LogP contribution in [-0.2, 0) is 9.53 Å². The predicted molar refractivity (Wildman–Crippen MR) is 96.3 cm³/mol. The summed E-state index contributed by atoms with van der Waals surface area (Å²) in [5.41, 5.74) is 2.52.